The normalized spacial score (nSPS) is 9.94. The maximum atomic E-state index is 11.2. The van der Waals surface area contributed by atoms with Gasteiger partial charge in [-0.3, -0.25) is 4.79 Å². The van der Waals surface area contributed by atoms with Gasteiger partial charge in [-0.05, 0) is 31.0 Å². The van der Waals surface area contributed by atoms with Crippen LogP contribution in [-0.2, 0) is 16.0 Å². The van der Waals surface area contributed by atoms with E-state index in [0.717, 1.165) is 5.56 Å². The van der Waals surface area contributed by atoms with Crippen LogP contribution in [0.25, 0.3) is 0 Å². The third kappa shape index (κ3) is 3.74. The molecule has 88 valence electrons. The highest BCUT2D eigenvalue weighted by atomic mass is 35.5. The molecule has 0 saturated heterocycles. The zero-order valence-corrected chi connectivity index (χ0v) is 10.2. The Kier molecular flexibility index (Phi) is 5.12. The van der Waals surface area contributed by atoms with Crippen LogP contribution in [0.4, 0.5) is 0 Å². The first kappa shape index (κ1) is 12.8. The Morgan fingerprint density at radius 3 is 2.81 bits per heavy atom. The summed E-state index contributed by atoms with van der Waals surface area (Å²) >= 11 is 5.89. The summed E-state index contributed by atoms with van der Waals surface area (Å²) in [6.07, 6.45) is 1.00. The van der Waals surface area contributed by atoms with E-state index in [4.69, 9.17) is 21.1 Å². The van der Waals surface area contributed by atoms with E-state index in [2.05, 4.69) is 0 Å². The number of rotatable bonds is 5. The Balaban J connectivity index is 2.57. The summed E-state index contributed by atoms with van der Waals surface area (Å²) in [5, 5.41) is 0.572. The number of ether oxygens (including phenoxy) is 2. The molecule has 0 heterocycles. The van der Waals surface area contributed by atoms with Crippen LogP contribution in [0.3, 0.4) is 0 Å². The molecular formula is C12H15ClO3. The molecule has 1 rings (SSSR count). The molecule has 0 radical (unpaired) electrons. The standard InChI is InChI=1S/C12H15ClO3/c1-3-16-12(14)7-5-9-4-6-10(13)11(8-9)15-2/h4,6,8H,3,5,7H2,1-2H3. The van der Waals surface area contributed by atoms with Crippen LogP contribution in [0, 0.1) is 0 Å². The highest BCUT2D eigenvalue weighted by Crippen LogP contribution is 2.25. The molecule has 0 spiro atoms. The minimum Gasteiger partial charge on any atom is -0.495 e. The fourth-order valence-electron chi connectivity index (χ4n) is 1.34. The fraction of sp³-hybridized carbons (Fsp3) is 0.417. The predicted molar refractivity (Wildman–Crippen MR) is 63.0 cm³/mol. The lowest BCUT2D eigenvalue weighted by atomic mass is 10.1. The third-order valence-corrected chi connectivity index (χ3v) is 2.45. The second kappa shape index (κ2) is 6.38. The first-order chi connectivity index (χ1) is 7.67. The number of esters is 1. The Morgan fingerprint density at radius 2 is 2.19 bits per heavy atom. The maximum Gasteiger partial charge on any atom is 0.306 e. The van der Waals surface area contributed by atoms with Crippen molar-refractivity contribution in [2.75, 3.05) is 13.7 Å². The average molecular weight is 243 g/mol. The lowest BCUT2D eigenvalue weighted by molar-refractivity contribution is -0.143. The number of hydrogen-bond acceptors (Lipinski definition) is 3. The van der Waals surface area contributed by atoms with Crippen LogP contribution in [0.15, 0.2) is 18.2 Å². The minimum absolute atomic E-state index is 0.184. The van der Waals surface area contributed by atoms with Crippen LogP contribution in [0.1, 0.15) is 18.9 Å². The molecule has 0 atom stereocenters. The van der Waals surface area contributed by atoms with E-state index in [1.54, 1.807) is 20.1 Å². The van der Waals surface area contributed by atoms with Gasteiger partial charge in [0, 0.05) is 6.42 Å². The first-order valence-electron chi connectivity index (χ1n) is 5.15. The van der Waals surface area contributed by atoms with Crippen LogP contribution in [0.5, 0.6) is 5.75 Å². The van der Waals surface area contributed by atoms with Gasteiger partial charge in [-0.1, -0.05) is 17.7 Å². The third-order valence-electron chi connectivity index (χ3n) is 2.14. The van der Waals surface area contributed by atoms with Crippen molar-refractivity contribution in [2.24, 2.45) is 0 Å². The summed E-state index contributed by atoms with van der Waals surface area (Å²) < 4.78 is 9.94. The fourth-order valence-corrected chi connectivity index (χ4v) is 1.53. The van der Waals surface area contributed by atoms with Gasteiger partial charge in [-0.2, -0.15) is 0 Å². The quantitative estimate of drug-likeness (QED) is 0.745. The molecule has 1 aromatic rings. The van der Waals surface area contributed by atoms with Crippen molar-refractivity contribution in [3.63, 3.8) is 0 Å². The predicted octanol–water partition coefficient (Wildman–Crippen LogP) is 2.84. The van der Waals surface area contributed by atoms with Gasteiger partial charge in [0.15, 0.2) is 0 Å². The van der Waals surface area contributed by atoms with Crippen LogP contribution in [-0.4, -0.2) is 19.7 Å². The molecule has 0 aromatic heterocycles. The Hall–Kier alpha value is -1.22. The lowest BCUT2D eigenvalue weighted by Crippen LogP contribution is -2.05. The van der Waals surface area contributed by atoms with Gasteiger partial charge in [-0.15, -0.1) is 0 Å². The minimum atomic E-state index is -0.184. The zero-order valence-electron chi connectivity index (χ0n) is 9.46. The van der Waals surface area contributed by atoms with Crippen LogP contribution in [0.2, 0.25) is 5.02 Å². The van der Waals surface area contributed by atoms with Gasteiger partial charge >= 0.3 is 5.97 Å². The van der Waals surface area contributed by atoms with Gasteiger partial charge in [0.05, 0.1) is 18.7 Å². The van der Waals surface area contributed by atoms with E-state index in [1.165, 1.54) is 0 Å². The molecule has 0 N–H and O–H groups in total. The SMILES string of the molecule is CCOC(=O)CCc1ccc(Cl)c(OC)c1. The van der Waals surface area contributed by atoms with Crippen LogP contribution < -0.4 is 4.74 Å². The monoisotopic (exact) mass is 242 g/mol. The van der Waals surface area contributed by atoms with E-state index in [0.29, 0.717) is 30.2 Å². The van der Waals surface area contributed by atoms with Gasteiger partial charge in [-0.25, -0.2) is 0 Å². The maximum absolute atomic E-state index is 11.2. The highest BCUT2D eigenvalue weighted by molar-refractivity contribution is 6.32. The molecule has 0 saturated carbocycles. The van der Waals surface area contributed by atoms with Crippen LogP contribution >= 0.6 is 11.6 Å². The van der Waals surface area contributed by atoms with E-state index in [1.807, 2.05) is 12.1 Å². The molecule has 0 aliphatic carbocycles. The Bertz CT molecular complexity index is 363. The van der Waals surface area contributed by atoms with Gasteiger partial charge in [0.2, 0.25) is 0 Å². The summed E-state index contributed by atoms with van der Waals surface area (Å²) in [6, 6.07) is 5.48. The number of aryl methyl sites for hydroxylation is 1. The molecule has 0 amide bonds. The smallest absolute Gasteiger partial charge is 0.306 e. The zero-order chi connectivity index (χ0) is 12.0. The van der Waals surface area contributed by atoms with Gasteiger partial charge in [0.25, 0.3) is 0 Å². The molecule has 4 heteroatoms. The number of methoxy groups -OCH3 is 1. The Labute approximate surface area is 100 Å². The summed E-state index contributed by atoms with van der Waals surface area (Å²) in [5.74, 6) is 0.444. The highest BCUT2D eigenvalue weighted by Gasteiger charge is 2.05. The van der Waals surface area contributed by atoms with Crippen molar-refractivity contribution in [3.05, 3.63) is 28.8 Å². The summed E-state index contributed by atoms with van der Waals surface area (Å²) in [7, 11) is 1.57. The summed E-state index contributed by atoms with van der Waals surface area (Å²) in [4.78, 5) is 11.2. The van der Waals surface area contributed by atoms with Crippen molar-refractivity contribution in [1.82, 2.24) is 0 Å². The Morgan fingerprint density at radius 1 is 1.44 bits per heavy atom. The number of carbonyl (C=O) groups excluding carboxylic acids is 1. The molecule has 0 unspecified atom stereocenters. The first-order valence-corrected chi connectivity index (χ1v) is 5.53. The number of carbonyl (C=O) groups is 1. The van der Waals surface area contributed by atoms with E-state index < -0.39 is 0 Å². The molecule has 0 bridgehead atoms. The lowest BCUT2D eigenvalue weighted by Gasteiger charge is -2.06. The van der Waals surface area contributed by atoms with Crippen molar-refractivity contribution < 1.29 is 14.3 Å². The topological polar surface area (TPSA) is 35.5 Å². The van der Waals surface area contributed by atoms with Crippen molar-refractivity contribution >= 4 is 17.6 Å². The van der Waals surface area contributed by atoms with Crippen molar-refractivity contribution in [1.29, 1.82) is 0 Å². The number of halogens is 1. The molecule has 0 aliphatic rings. The molecule has 1 aromatic carbocycles. The van der Waals surface area contributed by atoms with Gasteiger partial charge < -0.3 is 9.47 Å². The largest absolute Gasteiger partial charge is 0.495 e. The van der Waals surface area contributed by atoms with E-state index in [9.17, 15) is 4.79 Å². The molecule has 3 nitrogen and oxygen atoms in total. The summed E-state index contributed by atoms with van der Waals surface area (Å²) in [5.41, 5.74) is 1.01. The number of hydrogen-bond donors (Lipinski definition) is 0. The van der Waals surface area contributed by atoms with E-state index >= 15 is 0 Å². The van der Waals surface area contributed by atoms with Crippen molar-refractivity contribution in [3.8, 4) is 5.75 Å². The second-order valence-corrected chi connectivity index (χ2v) is 3.68. The van der Waals surface area contributed by atoms with E-state index in [-0.39, 0.29) is 5.97 Å². The molecule has 0 fully saturated rings. The molecular weight excluding hydrogens is 228 g/mol. The van der Waals surface area contributed by atoms with Crippen molar-refractivity contribution in [2.45, 2.75) is 19.8 Å². The average Bonchev–Trinajstić information content (AvgIpc) is 2.28. The molecule has 0 aliphatic heterocycles. The second-order valence-electron chi connectivity index (χ2n) is 3.27. The number of benzene rings is 1. The molecule has 16 heavy (non-hydrogen) atoms. The summed E-state index contributed by atoms with van der Waals surface area (Å²) in [6.45, 7) is 2.21. The van der Waals surface area contributed by atoms with Gasteiger partial charge in [0.1, 0.15) is 5.75 Å².